The molecule has 0 bridgehead atoms. The van der Waals surface area contributed by atoms with Crippen LogP contribution in [0.4, 0.5) is 0 Å². The van der Waals surface area contributed by atoms with E-state index in [1.165, 1.54) is 32.4 Å². The maximum absolute atomic E-state index is 9.13. The van der Waals surface area contributed by atoms with E-state index >= 15 is 0 Å². The smallest absolute Gasteiger partial charge is 0.0494 e. The van der Waals surface area contributed by atoms with Crippen LogP contribution in [0.3, 0.4) is 0 Å². The monoisotopic (exact) mass is 228 g/mol. The summed E-state index contributed by atoms with van der Waals surface area (Å²) in [7, 11) is 2.22. The number of aliphatic hydroxyl groups is 1. The third kappa shape index (κ3) is 5.28. The van der Waals surface area contributed by atoms with Crippen molar-refractivity contribution in [2.45, 2.75) is 33.1 Å². The van der Waals surface area contributed by atoms with E-state index in [-0.39, 0.29) is 12.0 Å². The predicted octanol–water partition coefficient (Wildman–Crippen LogP) is 1.33. The number of likely N-dealkylation sites (tertiary alicyclic amines) is 1. The number of hydrogen-bond acceptors (Lipinski definition) is 3. The first-order chi connectivity index (χ1) is 7.53. The van der Waals surface area contributed by atoms with Gasteiger partial charge in [-0.25, -0.2) is 0 Å². The Morgan fingerprint density at radius 2 is 2.19 bits per heavy atom. The SMILES string of the molecule is CN1CCCC(CCNCC(C)(C)CO)C1. The standard InChI is InChI=1S/C13H28N2O/c1-13(2,11-16)10-14-7-6-12-5-4-8-15(3)9-12/h12,14,16H,4-11H2,1-3H3. The van der Waals surface area contributed by atoms with Gasteiger partial charge in [-0.2, -0.15) is 0 Å². The molecule has 1 rings (SSSR count). The zero-order chi connectivity index (χ0) is 12.0. The lowest BCUT2D eigenvalue weighted by molar-refractivity contribution is 0.154. The van der Waals surface area contributed by atoms with E-state index in [0.29, 0.717) is 0 Å². The number of hydrogen-bond donors (Lipinski definition) is 2. The second kappa shape index (κ2) is 6.58. The van der Waals surface area contributed by atoms with Gasteiger partial charge in [0.1, 0.15) is 0 Å². The molecule has 1 saturated heterocycles. The summed E-state index contributed by atoms with van der Waals surface area (Å²) < 4.78 is 0. The Bertz CT molecular complexity index is 194. The number of nitrogens with one attached hydrogen (secondary N) is 1. The number of aliphatic hydroxyl groups excluding tert-OH is 1. The van der Waals surface area contributed by atoms with E-state index in [1.807, 2.05) is 0 Å². The van der Waals surface area contributed by atoms with Gasteiger partial charge in [0.15, 0.2) is 0 Å². The summed E-state index contributed by atoms with van der Waals surface area (Å²) in [6.45, 7) is 8.95. The maximum atomic E-state index is 9.13. The van der Waals surface area contributed by atoms with Crippen molar-refractivity contribution >= 4 is 0 Å². The van der Waals surface area contributed by atoms with Crippen molar-refractivity contribution in [3.8, 4) is 0 Å². The highest BCUT2D eigenvalue weighted by molar-refractivity contribution is 4.73. The first kappa shape index (κ1) is 13.9. The van der Waals surface area contributed by atoms with Gasteiger partial charge in [0.25, 0.3) is 0 Å². The van der Waals surface area contributed by atoms with E-state index in [9.17, 15) is 0 Å². The minimum Gasteiger partial charge on any atom is -0.396 e. The highest BCUT2D eigenvalue weighted by Crippen LogP contribution is 2.18. The number of piperidine rings is 1. The van der Waals surface area contributed by atoms with Crippen LogP contribution in [0.5, 0.6) is 0 Å². The quantitative estimate of drug-likeness (QED) is 0.673. The summed E-state index contributed by atoms with van der Waals surface area (Å²) in [5.41, 5.74) is 0.0172. The van der Waals surface area contributed by atoms with Gasteiger partial charge in [0, 0.05) is 25.1 Å². The van der Waals surface area contributed by atoms with Gasteiger partial charge in [0.05, 0.1) is 0 Å². The predicted molar refractivity (Wildman–Crippen MR) is 68.6 cm³/mol. The summed E-state index contributed by atoms with van der Waals surface area (Å²) in [5, 5.41) is 12.6. The molecular formula is C13H28N2O. The molecule has 3 nitrogen and oxygen atoms in total. The minimum atomic E-state index is 0.0172. The molecule has 0 aromatic rings. The lowest BCUT2D eigenvalue weighted by Crippen LogP contribution is -2.36. The van der Waals surface area contributed by atoms with E-state index < -0.39 is 0 Å². The summed E-state index contributed by atoms with van der Waals surface area (Å²) in [5.74, 6) is 0.864. The van der Waals surface area contributed by atoms with Gasteiger partial charge in [-0.15, -0.1) is 0 Å². The lowest BCUT2D eigenvalue weighted by Gasteiger charge is -2.30. The molecule has 16 heavy (non-hydrogen) atoms. The Morgan fingerprint density at radius 3 is 2.81 bits per heavy atom. The van der Waals surface area contributed by atoms with E-state index in [1.54, 1.807) is 0 Å². The largest absolute Gasteiger partial charge is 0.396 e. The molecule has 0 aliphatic carbocycles. The molecule has 1 aliphatic rings. The Labute approximate surface area is 100 Å². The Balaban J connectivity index is 2.06. The Kier molecular flexibility index (Phi) is 5.73. The van der Waals surface area contributed by atoms with Gasteiger partial charge in [-0.1, -0.05) is 13.8 Å². The van der Waals surface area contributed by atoms with Crippen LogP contribution in [-0.4, -0.2) is 49.8 Å². The zero-order valence-corrected chi connectivity index (χ0v) is 11.1. The molecule has 1 heterocycles. The van der Waals surface area contributed by atoms with Crippen LogP contribution in [0, 0.1) is 11.3 Å². The molecule has 1 aliphatic heterocycles. The van der Waals surface area contributed by atoms with Crippen LogP contribution in [0.2, 0.25) is 0 Å². The topological polar surface area (TPSA) is 35.5 Å². The van der Waals surface area contributed by atoms with Crippen molar-refractivity contribution < 1.29 is 5.11 Å². The molecule has 2 N–H and O–H groups in total. The molecule has 1 unspecified atom stereocenters. The van der Waals surface area contributed by atoms with Gasteiger partial charge in [-0.3, -0.25) is 0 Å². The van der Waals surface area contributed by atoms with Gasteiger partial charge < -0.3 is 15.3 Å². The summed E-state index contributed by atoms with van der Waals surface area (Å²) in [6.07, 6.45) is 4.00. The second-order valence-corrected chi connectivity index (χ2v) is 6.06. The third-order valence-corrected chi connectivity index (χ3v) is 3.48. The minimum absolute atomic E-state index is 0.0172. The van der Waals surface area contributed by atoms with Crippen LogP contribution in [0.25, 0.3) is 0 Å². The average Bonchev–Trinajstić information content (AvgIpc) is 2.25. The van der Waals surface area contributed by atoms with Crippen molar-refractivity contribution in [1.82, 2.24) is 10.2 Å². The lowest BCUT2D eigenvalue weighted by atomic mass is 9.93. The van der Waals surface area contributed by atoms with Crippen LogP contribution >= 0.6 is 0 Å². The molecule has 0 spiro atoms. The highest BCUT2D eigenvalue weighted by Gasteiger charge is 2.18. The fraction of sp³-hybridized carbons (Fsp3) is 1.00. The Hall–Kier alpha value is -0.120. The van der Waals surface area contributed by atoms with Gasteiger partial charge in [-0.05, 0) is 45.3 Å². The fourth-order valence-electron chi connectivity index (χ4n) is 2.30. The molecule has 1 atom stereocenters. The number of rotatable bonds is 6. The summed E-state index contributed by atoms with van der Waals surface area (Å²) in [6, 6.07) is 0. The van der Waals surface area contributed by atoms with Crippen molar-refractivity contribution in [3.05, 3.63) is 0 Å². The Morgan fingerprint density at radius 1 is 1.44 bits per heavy atom. The molecular weight excluding hydrogens is 200 g/mol. The first-order valence-corrected chi connectivity index (χ1v) is 6.53. The van der Waals surface area contributed by atoms with Crippen LogP contribution in [0.15, 0.2) is 0 Å². The molecule has 0 radical (unpaired) electrons. The van der Waals surface area contributed by atoms with Crippen LogP contribution in [-0.2, 0) is 0 Å². The van der Waals surface area contributed by atoms with Crippen molar-refractivity contribution in [2.24, 2.45) is 11.3 Å². The highest BCUT2D eigenvalue weighted by atomic mass is 16.3. The molecule has 1 fully saturated rings. The third-order valence-electron chi connectivity index (χ3n) is 3.48. The molecule has 0 aromatic heterocycles. The van der Waals surface area contributed by atoms with Crippen LogP contribution in [0.1, 0.15) is 33.1 Å². The summed E-state index contributed by atoms with van der Waals surface area (Å²) >= 11 is 0. The van der Waals surface area contributed by atoms with Crippen LogP contribution < -0.4 is 5.32 Å². The molecule has 96 valence electrons. The fourth-order valence-corrected chi connectivity index (χ4v) is 2.30. The van der Waals surface area contributed by atoms with Gasteiger partial charge in [0.2, 0.25) is 0 Å². The second-order valence-electron chi connectivity index (χ2n) is 6.06. The summed E-state index contributed by atoms with van der Waals surface area (Å²) in [4.78, 5) is 2.44. The first-order valence-electron chi connectivity index (χ1n) is 6.53. The van der Waals surface area contributed by atoms with Crippen molar-refractivity contribution in [3.63, 3.8) is 0 Å². The molecule has 0 saturated carbocycles. The van der Waals surface area contributed by atoms with Crippen molar-refractivity contribution in [1.29, 1.82) is 0 Å². The molecule has 3 heteroatoms. The molecule has 0 amide bonds. The van der Waals surface area contributed by atoms with E-state index in [0.717, 1.165) is 19.0 Å². The number of nitrogens with zero attached hydrogens (tertiary/aromatic N) is 1. The average molecular weight is 228 g/mol. The van der Waals surface area contributed by atoms with Gasteiger partial charge >= 0.3 is 0 Å². The maximum Gasteiger partial charge on any atom is 0.0494 e. The van der Waals surface area contributed by atoms with Crippen molar-refractivity contribution in [2.75, 3.05) is 39.8 Å². The molecule has 0 aromatic carbocycles. The van der Waals surface area contributed by atoms with E-state index in [4.69, 9.17) is 5.11 Å². The van der Waals surface area contributed by atoms with E-state index in [2.05, 4.69) is 31.1 Å². The normalized spacial score (nSPS) is 23.6. The zero-order valence-electron chi connectivity index (χ0n) is 11.1.